The number of hydrogen-bond donors (Lipinski definition) is 2. The molecule has 0 spiro atoms. The molecule has 2 nitrogen and oxygen atoms in total. The fraction of sp³-hybridized carbons (Fsp3) is 0.500. The molecular weight excluding hydrogens is 210 g/mol. The first-order chi connectivity index (χ1) is 7.10. The van der Waals surface area contributed by atoms with Gasteiger partial charge < -0.3 is 10.4 Å². The molecule has 2 N–H and O–H groups in total. The molecule has 0 aliphatic carbocycles. The predicted octanol–water partition coefficient (Wildman–Crippen LogP) is 2.30. The predicted molar refractivity (Wildman–Crippen MR) is 62.0 cm³/mol. The Morgan fingerprint density at radius 1 is 1.53 bits per heavy atom. The highest BCUT2D eigenvalue weighted by atomic mass is 35.5. The van der Waals surface area contributed by atoms with Crippen molar-refractivity contribution in [3.63, 3.8) is 0 Å². The molecule has 1 aliphatic rings. The molecule has 1 heterocycles. The van der Waals surface area contributed by atoms with Gasteiger partial charge in [-0.1, -0.05) is 23.7 Å². The fourth-order valence-electron chi connectivity index (χ4n) is 2.17. The molecule has 0 amide bonds. The minimum absolute atomic E-state index is 0.135. The maximum absolute atomic E-state index is 10.5. The monoisotopic (exact) mass is 225 g/mol. The van der Waals surface area contributed by atoms with Crippen molar-refractivity contribution >= 4 is 11.6 Å². The quantitative estimate of drug-likeness (QED) is 0.810. The van der Waals surface area contributed by atoms with Crippen LogP contribution in [-0.4, -0.2) is 17.7 Å². The van der Waals surface area contributed by atoms with E-state index in [1.54, 1.807) is 0 Å². The van der Waals surface area contributed by atoms with E-state index in [1.165, 1.54) is 0 Å². The van der Waals surface area contributed by atoms with E-state index in [-0.39, 0.29) is 6.04 Å². The Bertz CT molecular complexity index is 345. The second kappa shape index (κ2) is 4.12. The summed E-state index contributed by atoms with van der Waals surface area (Å²) >= 11 is 5.93. The van der Waals surface area contributed by atoms with Gasteiger partial charge in [-0.05, 0) is 44.0 Å². The molecule has 15 heavy (non-hydrogen) atoms. The normalized spacial score (nSPS) is 25.1. The summed E-state index contributed by atoms with van der Waals surface area (Å²) in [6.45, 7) is 2.84. The third-order valence-corrected chi connectivity index (χ3v) is 3.38. The van der Waals surface area contributed by atoms with E-state index in [9.17, 15) is 5.11 Å². The van der Waals surface area contributed by atoms with Crippen LogP contribution in [0.5, 0.6) is 0 Å². The smallest absolute Gasteiger partial charge is 0.102 e. The first-order valence-corrected chi connectivity index (χ1v) is 5.70. The average molecular weight is 226 g/mol. The highest BCUT2D eigenvalue weighted by Crippen LogP contribution is 2.30. The van der Waals surface area contributed by atoms with E-state index in [4.69, 9.17) is 11.6 Å². The number of nitrogens with one attached hydrogen (secondary N) is 1. The van der Waals surface area contributed by atoms with Crippen LogP contribution in [0.2, 0.25) is 5.02 Å². The van der Waals surface area contributed by atoms with Crippen molar-refractivity contribution in [2.24, 2.45) is 0 Å². The summed E-state index contributed by atoms with van der Waals surface area (Å²) in [6.07, 6.45) is 2.14. The van der Waals surface area contributed by atoms with Gasteiger partial charge in [0.2, 0.25) is 0 Å². The van der Waals surface area contributed by atoms with Gasteiger partial charge in [-0.25, -0.2) is 0 Å². The van der Waals surface area contributed by atoms with E-state index in [1.807, 2.05) is 31.2 Å². The van der Waals surface area contributed by atoms with Crippen molar-refractivity contribution in [3.05, 3.63) is 34.9 Å². The first-order valence-electron chi connectivity index (χ1n) is 5.32. The highest BCUT2D eigenvalue weighted by Gasteiger charge is 2.35. The lowest BCUT2D eigenvalue weighted by molar-refractivity contribution is 0.0218. The SMILES string of the molecule is CC(O)(c1cccc(Cl)c1)C1CCCN1. The number of aliphatic hydroxyl groups is 1. The van der Waals surface area contributed by atoms with Crippen LogP contribution in [0.3, 0.4) is 0 Å². The summed E-state index contributed by atoms with van der Waals surface area (Å²) < 4.78 is 0. The standard InChI is InChI=1S/C12H16ClNO/c1-12(15,11-6-3-7-14-11)9-4-2-5-10(13)8-9/h2,4-5,8,11,14-15H,3,6-7H2,1H3. The Labute approximate surface area is 95.3 Å². The van der Waals surface area contributed by atoms with E-state index in [0.717, 1.165) is 24.9 Å². The van der Waals surface area contributed by atoms with Crippen molar-refractivity contribution in [2.45, 2.75) is 31.4 Å². The van der Waals surface area contributed by atoms with Gasteiger partial charge in [0, 0.05) is 11.1 Å². The molecule has 0 saturated carbocycles. The maximum atomic E-state index is 10.5. The fourth-order valence-corrected chi connectivity index (χ4v) is 2.36. The van der Waals surface area contributed by atoms with Crippen molar-refractivity contribution in [2.75, 3.05) is 6.54 Å². The number of hydrogen-bond acceptors (Lipinski definition) is 2. The molecule has 82 valence electrons. The Morgan fingerprint density at radius 3 is 2.93 bits per heavy atom. The van der Waals surface area contributed by atoms with Gasteiger partial charge in [-0.2, -0.15) is 0 Å². The van der Waals surface area contributed by atoms with Gasteiger partial charge in [0.1, 0.15) is 5.60 Å². The van der Waals surface area contributed by atoms with Crippen molar-refractivity contribution in [3.8, 4) is 0 Å². The lowest BCUT2D eigenvalue weighted by atomic mass is 9.87. The Hall–Kier alpha value is -0.570. The zero-order chi connectivity index (χ0) is 10.9. The van der Waals surface area contributed by atoms with Crippen LogP contribution in [0.4, 0.5) is 0 Å². The molecule has 2 unspecified atom stereocenters. The Morgan fingerprint density at radius 2 is 2.33 bits per heavy atom. The topological polar surface area (TPSA) is 32.3 Å². The molecule has 0 radical (unpaired) electrons. The minimum Gasteiger partial charge on any atom is -0.384 e. The minimum atomic E-state index is -0.832. The van der Waals surface area contributed by atoms with Crippen LogP contribution >= 0.6 is 11.6 Å². The summed E-state index contributed by atoms with van der Waals surface area (Å²) in [7, 11) is 0. The molecule has 1 aromatic rings. The lowest BCUT2D eigenvalue weighted by Crippen LogP contribution is -2.42. The van der Waals surface area contributed by atoms with Crippen LogP contribution < -0.4 is 5.32 Å². The molecule has 0 aromatic heterocycles. The molecule has 2 rings (SSSR count). The Kier molecular flexibility index (Phi) is 3.01. The molecule has 0 bridgehead atoms. The molecule has 1 aliphatic heterocycles. The molecule has 1 aromatic carbocycles. The van der Waals surface area contributed by atoms with E-state index in [0.29, 0.717) is 5.02 Å². The van der Waals surface area contributed by atoms with Crippen LogP contribution in [-0.2, 0) is 5.60 Å². The summed E-state index contributed by atoms with van der Waals surface area (Å²) in [4.78, 5) is 0. The summed E-state index contributed by atoms with van der Waals surface area (Å²) in [5, 5.41) is 14.5. The van der Waals surface area contributed by atoms with E-state index in [2.05, 4.69) is 5.32 Å². The second-order valence-corrected chi connectivity index (χ2v) is 4.74. The molecule has 1 saturated heterocycles. The first kappa shape index (κ1) is 10.9. The second-order valence-electron chi connectivity index (χ2n) is 4.31. The highest BCUT2D eigenvalue weighted by molar-refractivity contribution is 6.30. The van der Waals surface area contributed by atoms with Crippen LogP contribution in [0.15, 0.2) is 24.3 Å². The molecular formula is C12H16ClNO. The van der Waals surface area contributed by atoms with Crippen LogP contribution in [0.1, 0.15) is 25.3 Å². The number of rotatable bonds is 2. The van der Waals surface area contributed by atoms with Crippen molar-refractivity contribution < 1.29 is 5.11 Å². The summed E-state index contributed by atoms with van der Waals surface area (Å²) in [6, 6.07) is 7.59. The van der Waals surface area contributed by atoms with Gasteiger partial charge >= 0.3 is 0 Å². The average Bonchev–Trinajstić information content (AvgIpc) is 2.71. The summed E-state index contributed by atoms with van der Waals surface area (Å²) in [5.74, 6) is 0. The van der Waals surface area contributed by atoms with E-state index >= 15 is 0 Å². The van der Waals surface area contributed by atoms with Gasteiger partial charge in [0.25, 0.3) is 0 Å². The van der Waals surface area contributed by atoms with Gasteiger partial charge in [-0.15, -0.1) is 0 Å². The maximum Gasteiger partial charge on any atom is 0.102 e. The third kappa shape index (κ3) is 2.17. The third-order valence-electron chi connectivity index (χ3n) is 3.15. The van der Waals surface area contributed by atoms with Crippen LogP contribution in [0.25, 0.3) is 0 Å². The summed E-state index contributed by atoms with van der Waals surface area (Å²) in [5.41, 5.74) is 0.0518. The van der Waals surface area contributed by atoms with Gasteiger partial charge in [0.15, 0.2) is 0 Å². The number of benzene rings is 1. The molecule has 3 heteroatoms. The Balaban J connectivity index is 2.27. The van der Waals surface area contributed by atoms with Crippen LogP contribution in [0, 0.1) is 0 Å². The molecule has 1 fully saturated rings. The van der Waals surface area contributed by atoms with Crippen molar-refractivity contribution in [1.29, 1.82) is 0 Å². The van der Waals surface area contributed by atoms with Crippen molar-refractivity contribution in [1.82, 2.24) is 5.32 Å². The van der Waals surface area contributed by atoms with Gasteiger partial charge in [-0.3, -0.25) is 0 Å². The lowest BCUT2D eigenvalue weighted by Gasteiger charge is -2.30. The van der Waals surface area contributed by atoms with E-state index < -0.39 is 5.60 Å². The largest absolute Gasteiger partial charge is 0.384 e. The molecule has 2 atom stereocenters. The van der Waals surface area contributed by atoms with Gasteiger partial charge in [0.05, 0.1) is 0 Å². The zero-order valence-electron chi connectivity index (χ0n) is 8.83. The number of halogens is 1. The zero-order valence-corrected chi connectivity index (χ0v) is 9.59.